The Morgan fingerprint density at radius 1 is 1.22 bits per heavy atom. The zero-order valence-corrected chi connectivity index (χ0v) is 16.7. The molecule has 1 aromatic heterocycles. The van der Waals surface area contributed by atoms with E-state index in [1.165, 1.54) is 4.90 Å². The molecule has 0 unspecified atom stereocenters. The van der Waals surface area contributed by atoms with Crippen molar-refractivity contribution in [2.75, 3.05) is 20.1 Å². The fraction of sp³-hybridized carbons (Fsp3) is 0.471. The van der Waals surface area contributed by atoms with Crippen LogP contribution in [0.1, 0.15) is 36.7 Å². The number of sulfonamides is 1. The number of aryl methyl sites for hydroxylation is 2. The fourth-order valence-electron chi connectivity index (χ4n) is 2.24. The highest BCUT2D eigenvalue weighted by atomic mass is 32.2. The second kappa shape index (κ2) is 8.96. The van der Waals surface area contributed by atoms with E-state index < -0.39 is 10.0 Å². The third kappa shape index (κ3) is 5.76. The number of benzene rings is 1. The Balaban J connectivity index is 1.74. The first-order valence-electron chi connectivity index (χ1n) is 8.58. The highest BCUT2D eigenvalue weighted by molar-refractivity contribution is 7.89. The highest BCUT2D eigenvalue weighted by Gasteiger charge is 2.22. The first-order chi connectivity index (χ1) is 12.7. The van der Waals surface area contributed by atoms with Crippen molar-refractivity contribution in [1.29, 1.82) is 0 Å². The normalized spacial score (nSPS) is 12.6. The molecule has 0 fully saturated rings. The van der Waals surface area contributed by atoms with Crippen LogP contribution in [-0.2, 0) is 10.0 Å². The van der Waals surface area contributed by atoms with Gasteiger partial charge < -0.3 is 14.7 Å². The first-order valence-corrected chi connectivity index (χ1v) is 10.1. The number of hydrogen-bond donors (Lipinski definition) is 2. The molecular formula is C17H25N5O4S. The Bertz CT molecular complexity index is 864. The molecule has 1 heterocycles. The minimum Gasteiger partial charge on any atom is -0.338 e. The number of nitrogens with one attached hydrogen (secondary N) is 2. The van der Waals surface area contributed by atoms with Crippen molar-refractivity contribution in [2.45, 2.75) is 38.1 Å². The Morgan fingerprint density at radius 2 is 1.89 bits per heavy atom. The number of carbonyl (C=O) groups excluding carboxylic acids is 1. The van der Waals surface area contributed by atoms with Crippen molar-refractivity contribution in [2.24, 2.45) is 0 Å². The monoisotopic (exact) mass is 395 g/mol. The Morgan fingerprint density at radius 3 is 2.48 bits per heavy atom. The van der Waals surface area contributed by atoms with Gasteiger partial charge >= 0.3 is 6.03 Å². The number of hydrogen-bond acceptors (Lipinski definition) is 6. The van der Waals surface area contributed by atoms with E-state index in [4.69, 9.17) is 4.52 Å². The lowest BCUT2D eigenvalue weighted by Gasteiger charge is -2.22. The lowest BCUT2D eigenvalue weighted by Crippen LogP contribution is -2.40. The number of amides is 2. The Hall–Kier alpha value is -2.46. The summed E-state index contributed by atoms with van der Waals surface area (Å²) in [7, 11) is -1.92. The summed E-state index contributed by atoms with van der Waals surface area (Å²) in [4.78, 5) is 17.9. The SMILES string of the molecule is Cc1ccc(S(=O)(=O)NCCCNC(=O)N(C)[C@@H](C)c2nc(C)no2)cc1. The third-order valence-corrected chi connectivity index (χ3v) is 5.53. The van der Waals surface area contributed by atoms with Gasteiger partial charge in [0.25, 0.3) is 0 Å². The standard InChI is InChI=1S/C17H25N5O4S/c1-12-6-8-15(9-7-12)27(24,25)19-11-5-10-18-17(23)22(4)13(2)16-20-14(3)21-26-16/h6-9,13,19H,5,10-11H2,1-4H3,(H,18,23)/t13-/m0/s1. The van der Waals surface area contributed by atoms with Crippen LogP contribution < -0.4 is 10.0 Å². The van der Waals surface area contributed by atoms with Gasteiger partial charge in [0.2, 0.25) is 15.9 Å². The molecule has 2 amide bonds. The summed E-state index contributed by atoms with van der Waals surface area (Å²) < 4.78 is 31.9. The number of rotatable bonds is 8. The van der Waals surface area contributed by atoms with E-state index in [1.807, 2.05) is 6.92 Å². The molecule has 1 aromatic carbocycles. The molecule has 2 aromatic rings. The third-order valence-electron chi connectivity index (χ3n) is 4.06. The highest BCUT2D eigenvalue weighted by Crippen LogP contribution is 2.16. The molecule has 0 saturated carbocycles. The van der Waals surface area contributed by atoms with Gasteiger partial charge in [-0.05, 0) is 39.3 Å². The van der Waals surface area contributed by atoms with Crippen LogP contribution in [0.4, 0.5) is 4.79 Å². The summed E-state index contributed by atoms with van der Waals surface area (Å²) in [5, 5.41) is 6.44. The summed E-state index contributed by atoms with van der Waals surface area (Å²) >= 11 is 0. The molecule has 2 N–H and O–H groups in total. The maximum atomic E-state index is 12.2. The molecule has 0 aliphatic rings. The molecule has 1 atom stereocenters. The minimum atomic E-state index is -3.54. The number of carbonyl (C=O) groups is 1. The van der Waals surface area contributed by atoms with Crippen molar-refractivity contribution >= 4 is 16.1 Å². The molecule has 0 spiro atoms. The van der Waals surface area contributed by atoms with Gasteiger partial charge in [-0.25, -0.2) is 17.9 Å². The van der Waals surface area contributed by atoms with E-state index in [-0.39, 0.29) is 23.5 Å². The van der Waals surface area contributed by atoms with Crippen LogP contribution in [0.2, 0.25) is 0 Å². The molecule has 0 radical (unpaired) electrons. The van der Waals surface area contributed by atoms with Crippen molar-refractivity contribution in [3.05, 3.63) is 41.5 Å². The molecule has 0 aliphatic heterocycles. The molecular weight excluding hydrogens is 370 g/mol. The predicted octanol–water partition coefficient (Wildman–Crippen LogP) is 1.76. The van der Waals surface area contributed by atoms with Crippen LogP contribution in [0.5, 0.6) is 0 Å². The number of urea groups is 1. The Labute approximate surface area is 159 Å². The lowest BCUT2D eigenvalue weighted by molar-refractivity contribution is 0.181. The molecule has 10 heteroatoms. The summed E-state index contributed by atoms with van der Waals surface area (Å²) in [6, 6.07) is 5.95. The summed E-state index contributed by atoms with van der Waals surface area (Å²) in [5.41, 5.74) is 0.991. The molecule has 2 rings (SSSR count). The zero-order valence-electron chi connectivity index (χ0n) is 15.9. The number of nitrogens with zero attached hydrogens (tertiary/aromatic N) is 3. The molecule has 0 saturated heterocycles. The van der Waals surface area contributed by atoms with E-state index in [9.17, 15) is 13.2 Å². The second-order valence-corrected chi connectivity index (χ2v) is 8.03. The van der Waals surface area contributed by atoms with Gasteiger partial charge in [0, 0.05) is 20.1 Å². The smallest absolute Gasteiger partial charge is 0.317 e. The van der Waals surface area contributed by atoms with E-state index >= 15 is 0 Å². The van der Waals surface area contributed by atoms with Crippen LogP contribution in [-0.4, -0.2) is 49.6 Å². The molecule has 0 aliphatic carbocycles. The van der Waals surface area contributed by atoms with Crippen LogP contribution in [0, 0.1) is 13.8 Å². The molecule has 9 nitrogen and oxygen atoms in total. The van der Waals surface area contributed by atoms with Crippen LogP contribution >= 0.6 is 0 Å². The quantitative estimate of drug-likeness (QED) is 0.658. The number of aromatic nitrogens is 2. The van der Waals surface area contributed by atoms with Gasteiger partial charge in [-0.3, -0.25) is 0 Å². The van der Waals surface area contributed by atoms with Gasteiger partial charge in [-0.2, -0.15) is 4.98 Å². The largest absolute Gasteiger partial charge is 0.338 e. The molecule has 0 bridgehead atoms. The summed E-state index contributed by atoms with van der Waals surface area (Å²) in [5.74, 6) is 0.863. The van der Waals surface area contributed by atoms with Gasteiger partial charge in [0.15, 0.2) is 5.82 Å². The van der Waals surface area contributed by atoms with Crippen LogP contribution in [0.3, 0.4) is 0 Å². The van der Waals surface area contributed by atoms with E-state index in [2.05, 4.69) is 20.2 Å². The second-order valence-electron chi connectivity index (χ2n) is 6.26. The first kappa shape index (κ1) is 20.8. The maximum Gasteiger partial charge on any atom is 0.317 e. The van der Waals surface area contributed by atoms with E-state index in [0.29, 0.717) is 24.7 Å². The Kier molecular flexibility index (Phi) is 6.92. The van der Waals surface area contributed by atoms with E-state index in [1.54, 1.807) is 45.2 Å². The maximum absolute atomic E-state index is 12.2. The van der Waals surface area contributed by atoms with Gasteiger partial charge in [-0.1, -0.05) is 22.9 Å². The van der Waals surface area contributed by atoms with Crippen molar-refractivity contribution in [3.63, 3.8) is 0 Å². The van der Waals surface area contributed by atoms with E-state index in [0.717, 1.165) is 5.56 Å². The summed E-state index contributed by atoms with van der Waals surface area (Å²) in [6.07, 6.45) is 0.457. The van der Waals surface area contributed by atoms with Crippen molar-refractivity contribution in [1.82, 2.24) is 25.1 Å². The van der Waals surface area contributed by atoms with Gasteiger partial charge in [0.1, 0.15) is 6.04 Å². The van der Waals surface area contributed by atoms with Crippen molar-refractivity contribution in [3.8, 4) is 0 Å². The molecule has 148 valence electrons. The fourth-order valence-corrected chi connectivity index (χ4v) is 3.31. The predicted molar refractivity (Wildman–Crippen MR) is 99.6 cm³/mol. The lowest BCUT2D eigenvalue weighted by atomic mass is 10.2. The van der Waals surface area contributed by atoms with Crippen molar-refractivity contribution < 1.29 is 17.7 Å². The van der Waals surface area contributed by atoms with Crippen LogP contribution in [0.25, 0.3) is 0 Å². The minimum absolute atomic E-state index is 0.221. The molecule has 27 heavy (non-hydrogen) atoms. The zero-order chi connectivity index (χ0) is 20.0. The van der Waals surface area contributed by atoms with Crippen LogP contribution in [0.15, 0.2) is 33.7 Å². The summed E-state index contributed by atoms with van der Waals surface area (Å²) in [6.45, 7) is 5.93. The topological polar surface area (TPSA) is 117 Å². The average Bonchev–Trinajstić information content (AvgIpc) is 3.06. The van der Waals surface area contributed by atoms with Gasteiger partial charge in [-0.15, -0.1) is 0 Å². The average molecular weight is 395 g/mol. The van der Waals surface area contributed by atoms with Gasteiger partial charge in [0.05, 0.1) is 4.90 Å².